The summed E-state index contributed by atoms with van der Waals surface area (Å²) in [6.45, 7) is 3.66. The molecule has 2 aromatic rings. The smallest absolute Gasteiger partial charge is 0.128 e. The largest absolute Gasteiger partial charge is 0.327 e. The van der Waals surface area contributed by atoms with E-state index in [4.69, 9.17) is 11.6 Å². The lowest BCUT2D eigenvalue weighted by atomic mass is 10.2. The first kappa shape index (κ1) is 14.8. The molecule has 1 fully saturated rings. The normalized spacial score (nSPS) is 15.3. The molecule has 1 saturated carbocycles. The number of halogens is 2. The second-order valence-corrected chi connectivity index (χ2v) is 6.30. The molecular formula is C16H21ClFN3. The Hall–Kier alpha value is -1.13. The number of aryl methyl sites for hydroxylation is 2. The van der Waals surface area contributed by atoms with Crippen molar-refractivity contribution in [2.24, 2.45) is 0 Å². The number of fused-ring (bicyclic) bond motifs is 1. The number of rotatable bonds is 6. The lowest BCUT2D eigenvalue weighted by Gasteiger charge is -2.17. The van der Waals surface area contributed by atoms with Gasteiger partial charge < -0.3 is 9.47 Å². The standard InChI is InChI=1S/C16H21ClFN3/c1-11-9-15-14(10-13(11)18)19-16(5-6-17)21(15)8-7-20(2)12-3-4-12/h9-10,12H,3-8H2,1-2H3. The van der Waals surface area contributed by atoms with Crippen LogP contribution in [-0.4, -0.2) is 40.0 Å². The molecule has 114 valence electrons. The van der Waals surface area contributed by atoms with Crippen LogP contribution in [0.3, 0.4) is 0 Å². The van der Waals surface area contributed by atoms with E-state index in [9.17, 15) is 4.39 Å². The fraction of sp³-hybridized carbons (Fsp3) is 0.562. The highest BCUT2D eigenvalue weighted by Gasteiger charge is 2.26. The topological polar surface area (TPSA) is 21.1 Å². The van der Waals surface area contributed by atoms with Crippen molar-refractivity contribution in [2.75, 3.05) is 19.5 Å². The zero-order chi connectivity index (χ0) is 15.0. The molecular weight excluding hydrogens is 289 g/mol. The minimum Gasteiger partial charge on any atom is -0.327 e. The third-order valence-electron chi connectivity index (χ3n) is 4.27. The summed E-state index contributed by atoms with van der Waals surface area (Å²) in [7, 11) is 2.17. The number of hydrogen-bond acceptors (Lipinski definition) is 2. The van der Waals surface area contributed by atoms with Crippen molar-refractivity contribution in [2.45, 2.75) is 38.8 Å². The Labute approximate surface area is 129 Å². The van der Waals surface area contributed by atoms with Gasteiger partial charge >= 0.3 is 0 Å². The van der Waals surface area contributed by atoms with Crippen molar-refractivity contribution < 1.29 is 4.39 Å². The Morgan fingerprint density at radius 2 is 2.19 bits per heavy atom. The van der Waals surface area contributed by atoms with Gasteiger partial charge in [-0.1, -0.05) is 0 Å². The fourth-order valence-electron chi connectivity index (χ4n) is 2.78. The van der Waals surface area contributed by atoms with Crippen LogP contribution in [0, 0.1) is 12.7 Å². The van der Waals surface area contributed by atoms with Crippen LogP contribution in [0.5, 0.6) is 0 Å². The van der Waals surface area contributed by atoms with E-state index in [-0.39, 0.29) is 5.82 Å². The van der Waals surface area contributed by atoms with Crippen molar-refractivity contribution in [1.29, 1.82) is 0 Å². The molecule has 3 nitrogen and oxygen atoms in total. The Morgan fingerprint density at radius 1 is 1.43 bits per heavy atom. The predicted molar refractivity (Wildman–Crippen MR) is 84.5 cm³/mol. The highest BCUT2D eigenvalue weighted by Crippen LogP contribution is 2.26. The molecule has 1 heterocycles. The highest BCUT2D eigenvalue weighted by molar-refractivity contribution is 6.17. The van der Waals surface area contributed by atoms with Crippen molar-refractivity contribution in [3.8, 4) is 0 Å². The van der Waals surface area contributed by atoms with E-state index in [1.165, 1.54) is 18.9 Å². The van der Waals surface area contributed by atoms with E-state index < -0.39 is 0 Å². The van der Waals surface area contributed by atoms with Crippen LogP contribution in [0.1, 0.15) is 24.2 Å². The van der Waals surface area contributed by atoms with Crippen LogP contribution in [0.2, 0.25) is 0 Å². The van der Waals surface area contributed by atoms with E-state index in [1.54, 1.807) is 6.92 Å². The van der Waals surface area contributed by atoms with Gasteiger partial charge in [0.15, 0.2) is 0 Å². The lowest BCUT2D eigenvalue weighted by molar-refractivity contribution is 0.309. The number of nitrogens with zero attached hydrogens (tertiary/aromatic N) is 3. The molecule has 1 aliphatic rings. The molecule has 0 radical (unpaired) electrons. The summed E-state index contributed by atoms with van der Waals surface area (Å²) in [6.07, 6.45) is 3.32. The quantitative estimate of drug-likeness (QED) is 0.763. The van der Waals surface area contributed by atoms with Gasteiger partial charge in [0.05, 0.1) is 11.0 Å². The van der Waals surface area contributed by atoms with Crippen LogP contribution in [-0.2, 0) is 13.0 Å². The Balaban J connectivity index is 1.92. The van der Waals surface area contributed by atoms with Crippen LogP contribution in [0.4, 0.5) is 4.39 Å². The summed E-state index contributed by atoms with van der Waals surface area (Å²) < 4.78 is 15.9. The number of alkyl halides is 1. The lowest BCUT2D eigenvalue weighted by Crippen LogP contribution is -2.25. The molecule has 3 rings (SSSR count). The van der Waals surface area contributed by atoms with Gasteiger partial charge in [-0.3, -0.25) is 0 Å². The van der Waals surface area contributed by atoms with Gasteiger partial charge in [-0.2, -0.15) is 0 Å². The third kappa shape index (κ3) is 3.06. The molecule has 1 aliphatic carbocycles. The van der Waals surface area contributed by atoms with Gasteiger partial charge in [-0.15, -0.1) is 11.6 Å². The zero-order valence-corrected chi connectivity index (χ0v) is 13.3. The molecule has 0 bridgehead atoms. The fourth-order valence-corrected chi connectivity index (χ4v) is 2.95. The monoisotopic (exact) mass is 309 g/mol. The third-order valence-corrected chi connectivity index (χ3v) is 4.46. The average Bonchev–Trinajstić information content (AvgIpc) is 3.24. The minimum absolute atomic E-state index is 0.195. The maximum Gasteiger partial charge on any atom is 0.128 e. The molecule has 1 aromatic heterocycles. The van der Waals surface area contributed by atoms with Crippen LogP contribution in [0.25, 0.3) is 11.0 Å². The Morgan fingerprint density at radius 3 is 2.86 bits per heavy atom. The van der Waals surface area contributed by atoms with Crippen LogP contribution in [0.15, 0.2) is 12.1 Å². The van der Waals surface area contributed by atoms with Gasteiger partial charge in [-0.05, 0) is 38.4 Å². The molecule has 0 N–H and O–H groups in total. The van der Waals surface area contributed by atoms with Gasteiger partial charge in [-0.25, -0.2) is 9.37 Å². The summed E-state index contributed by atoms with van der Waals surface area (Å²) in [5.74, 6) is 1.29. The second kappa shape index (κ2) is 5.93. The molecule has 0 saturated heterocycles. The van der Waals surface area contributed by atoms with E-state index >= 15 is 0 Å². The highest BCUT2D eigenvalue weighted by atomic mass is 35.5. The molecule has 0 unspecified atom stereocenters. The number of aromatic nitrogens is 2. The first-order chi connectivity index (χ1) is 10.1. The molecule has 5 heteroatoms. The summed E-state index contributed by atoms with van der Waals surface area (Å²) >= 11 is 5.88. The average molecular weight is 310 g/mol. The summed E-state index contributed by atoms with van der Waals surface area (Å²) in [6, 6.07) is 4.17. The van der Waals surface area contributed by atoms with Gasteiger partial charge in [0.2, 0.25) is 0 Å². The molecule has 1 aromatic carbocycles. The maximum atomic E-state index is 13.7. The van der Waals surface area contributed by atoms with Crippen molar-refractivity contribution in [3.05, 3.63) is 29.3 Å². The zero-order valence-electron chi connectivity index (χ0n) is 12.6. The summed E-state index contributed by atoms with van der Waals surface area (Å²) in [5.41, 5.74) is 2.40. The van der Waals surface area contributed by atoms with Crippen molar-refractivity contribution in [3.63, 3.8) is 0 Å². The van der Waals surface area contributed by atoms with Crippen molar-refractivity contribution >= 4 is 22.6 Å². The van der Waals surface area contributed by atoms with Gasteiger partial charge in [0.1, 0.15) is 11.6 Å². The SMILES string of the molecule is Cc1cc2c(cc1F)nc(CCCl)n2CCN(C)C1CC1. The molecule has 0 atom stereocenters. The van der Waals surface area contributed by atoms with Crippen molar-refractivity contribution in [1.82, 2.24) is 14.5 Å². The van der Waals surface area contributed by atoms with Crippen LogP contribution >= 0.6 is 11.6 Å². The molecule has 21 heavy (non-hydrogen) atoms. The minimum atomic E-state index is -0.195. The van der Waals surface area contributed by atoms with E-state index in [1.807, 2.05) is 6.07 Å². The van der Waals surface area contributed by atoms with Gasteiger partial charge in [0, 0.05) is 37.5 Å². The Bertz CT molecular complexity index is 648. The van der Waals surface area contributed by atoms with E-state index in [2.05, 4.69) is 21.5 Å². The number of hydrogen-bond donors (Lipinski definition) is 0. The van der Waals surface area contributed by atoms with Crippen LogP contribution < -0.4 is 0 Å². The summed E-state index contributed by atoms with van der Waals surface area (Å²) in [5, 5.41) is 0. The molecule has 0 spiro atoms. The first-order valence-corrected chi connectivity index (χ1v) is 8.05. The van der Waals surface area contributed by atoms with Gasteiger partial charge in [0.25, 0.3) is 0 Å². The second-order valence-electron chi connectivity index (χ2n) is 5.92. The predicted octanol–water partition coefficient (Wildman–Crippen LogP) is 3.36. The summed E-state index contributed by atoms with van der Waals surface area (Å²) in [4.78, 5) is 6.96. The Kier molecular flexibility index (Phi) is 4.18. The number of likely N-dealkylation sites (N-methyl/N-ethyl adjacent to an activating group) is 1. The first-order valence-electron chi connectivity index (χ1n) is 7.51. The maximum absolute atomic E-state index is 13.7. The van der Waals surface area contributed by atoms with E-state index in [0.29, 0.717) is 17.9 Å². The number of benzene rings is 1. The van der Waals surface area contributed by atoms with E-state index in [0.717, 1.165) is 36.0 Å². The number of imidazole rings is 1. The molecule has 0 aliphatic heterocycles. The molecule has 0 amide bonds.